The molecular weight excluding hydrogens is 304 g/mol. The van der Waals surface area contributed by atoms with Gasteiger partial charge < -0.3 is 10.5 Å². The van der Waals surface area contributed by atoms with E-state index in [1.807, 2.05) is 32.9 Å². The monoisotopic (exact) mass is 322 g/mol. The molecular formula is C19H18N2O3. The summed E-state index contributed by atoms with van der Waals surface area (Å²) in [5, 5.41) is 15.2. The van der Waals surface area contributed by atoms with Crippen molar-refractivity contribution in [2.75, 3.05) is 5.32 Å². The van der Waals surface area contributed by atoms with E-state index in [1.54, 1.807) is 30.3 Å². The van der Waals surface area contributed by atoms with Crippen molar-refractivity contribution in [2.45, 2.75) is 20.8 Å². The van der Waals surface area contributed by atoms with E-state index in [0.717, 1.165) is 11.1 Å². The lowest BCUT2D eigenvalue weighted by atomic mass is 9.83. The summed E-state index contributed by atoms with van der Waals surface area (Å²) in [7, 11) is 0. The molecule has 5 heteroatoms. The number of rotatable bonds is 1. The number of carbonyl (C=O) groups excluding carboxylic acids is 2. The van der Waals surface area contributed by atoms with Gasteiger partial charge >= 0.3 is 0 Å². The summed E-state index contributed by atoms with van der Waals surface area (Å²) in [4.78, 5) is 24.8. The Morgan fingerprint density at radius 1 is 1.00 bits per heavy atom. The van der Waals surface area contributed by atoms with E-state index in [0.29, 0.717) is 16.8 Å². The van der Waals surface area contributed by atoms with Crippen molar-refractivity contribution in [1.82, 2.24) is 0 Å². The lowest BCUT2D eigenvalue weighted by Crippen LogP contribution is -2.28. The Kier molecular flexibility index (Phi) is 3.72. The van der Waals surface area contributed by atoms with E-state index in [9.17, 15) is 14.8 Å². The number of nitrogens with zero attached hydrogens (tertiary/aromatic N) is 1. The van der Waals surface area contributed by atoms with Crippen LogP contribution in [0.2, 0.25) is 0 Å². The number of nitrogens with one attached hydrogen (secondary N) is 1. The van der Waals surface area contributed by atoms with Gasteiger partial charge in [-0.2, -0.15) is 0 Å². The van der Waals surface area contributed by atoms with Crippen LogP contribution in [0.4, 0.5) is 5.69 Å². The second-order valence-corrected chi connectivity index (χ2v) is 6.79. The van der Waals surface area contributed by atoms with Crippen LogP contribution in [0.25, 0.3) is 11.1 Å². The minimum atomic E-state index is -0.537. The van der Waals surface area contributed by atoms with E-state index in [2.05, 4.69) is 10.5 Å². The van der Waals surface area contributed by atoms with Crippen LogP contribution < -0.4 is 5.32 Å². The molecule has 0 heterocycles. The summed E-state index contributed by atoms with van der Waals surface area (Å²) in [6, 6.07) is 12.5. The van der Waals surface area contributed by atoms with Gasteiger partial charge in [-0.3, -0.25) is 9.59 Å². The molecule has 0 aromatic heterocycles. The van der Waals surface area contributed by atoms with Crippen LogP contribution in [-0.2, 0) is 4.79 Å². The van der Waals surface area contributed by atoms with Gasteiger partial charge in [-0.05, 0) is 23.3 Å². The number of Topliss-reactive ketones (excluding diaryl/α,β-unsaturated/α-hetero) is 1. The lowest BCUT2D eigenvalue weighted by molar-refractivity contribution is -0.123. The minimum Gasteiger partial charge on any atom is -0.410 e. The maximum absolute atomic E-state index is 12.6. The SMILES string of the molecule is CC(C)(C)C(=O)Nc1ccc2c(c1)C(=O)C(=NO)c1ccccc1-2. The third-order valence-corrected chi connectivity index (χ3v) is 3.99. The van der Waals surface area contributed by atoms with Crippen molar-refractivity contribution in [3.8, 4) is 11.1 Å². The average molecular weight is 322 g/mol. The van der Waals surface area contributed by atoms with Gasteiger partial charge in [-0.25, -0.2) is 0 Å². The summed E-state index contributed by atoms with van der Waals surface area (Å²) in [6.45, 7) is 5.45. The molecule has 5 nitrogen and oxygen atoms in total. The van der Waals surface area contributed by atoms with Gasteiger partial charge in [0.05, 0.1) is 0 Å². The molecule has 0 saturated carbocycles. The van der Waals surface area contributed by atoms with E-state index < -0.39 is 5.41 Å². The topological polar surface area (TPSA) is 78.8 Å². The number of anilines is 1. The molecule has 0 spiro atoms. The van der Waals surface area contributed by atoms with Crippen LogP contribution in [-0.4, -0.2) is 22.6 Å². The molecule has 0 radical (unpaired) electrons. The molecule has 0 aliphatic heterocycles. The molecule has 2 aromatic rings. The van der Waals surface area contributed by atoms with E-state index in [-0.39, 0.29) is 17.4 Å². The van der Waals surface area contributed by atoms with Crippen molar-refractivity contribution in [3.05, 3.63) is 53.6 Å². The van der Waals surface area contributed by atoms with Gasteiger partial charge in [-0.1, -0.05) is 56.3 Å². The average Bonchev–Trinajstić information content (AvgIpc) is 2.54. The lowest BCUT2D eigenvalue weighted by Gasteiger charge is -2.22. The fourth-order valence-corrected chi connectivity index (χ4v) is 2.64. The maximum Gasteiger partial charge on any atom is 0.229 e. The van der Waals surface area contributed by atoms with Gasteiger partial charge in [-0.15, -0.1) is 0 Å². The molecule has 0 atom stereocenters. The number of oxime groups is 1. The third-order valence-electron chi connectivity index (χ3n) is 3.99. The highest BCUT2D eigenvalue weighted by Gasteiger charge is 2.29. The Bertz CT molecular complexity index is 876. The van der Waals surface area contributed by atoms with Crippen molar-refractivity contribution < 1.29 is 14.8 Å². The predicted molar refractivity (Wildman–Crippen MR) is 92.6 cm³/mol. The highest BCUT2D eigenvalue weighted by Crippen LogP contribution is 2.35. The van der Waals surface area contributed by atoms with Crippen LogP contribution in [0, 0.1) is 5.41 Å². The van der Waals surface area contributed by atoms with Crippen LogP contribution in [0.3, 0.4) is 0 Å². The van der Waals surface area contributed by atoms with Crippen molar-refractivity contribution in [3.63, 3.8) is 0 Å². The zero-order chi connectivity index (χ0) is 17.5. The molecule has 3 rings (SSSR count). The number of amides is 1. The summed E-state index contributed by atoms with van der Waals surface area (Å²) in [5.41, 5.74) is 2.61. The first-order valence-corrected chi connectivity index (χ1v) is 7.65. The molecule has 1 aliphatic carbocycles. The molecule has 0 fully saturated rings. The normalized spacial score (nSPS) is 15.0. The molecule has 122 valence electrons. The number of hydrogen-bond acceptors (Lipinski definition) is 4. The van der Waals surface area contributed by atoms with Gasteiger partial charge in [0, 0.05) is 22.2 Å². The Labute approximate surface area is 140 Å². The van der Waals surface area contributed by atoms with Gasteiger partial charge in [0.15, 0.2) is 5.71 Å². The zero-order valence-corrected chi connectivity index (χ0v) is 13.8. The maximum atomic E-state index is 12.6. The van der Waals surface area contributed by atoms with E-state index >= 15 is 0 Å². The second-order valence-electron chi connectivity index (χ2n) is 6.79. The largest absolute Gasteiger partial charge is 0.410 e. The summed E-state index contributed by atoms with van der Waals surface area (Å²) in [5.74, 6) is -0.500. The van der Waals surface area contributed by atoms with Gasteiger partial charge in [0.2, 0.25) is 11.7 Å². The molecule has 0 bridgehead atoms. The number of fused-ring (bicyclic) bond motifs is 3. The van der Waals surface area contributed by atoms with Crippen molar-refractivity contribution in [1.29, 1.82) is 0 Å². The van der Waals surface area contributed by atoms with E-state index in [1.165, 1.54) is 0 Å². The zero-order valence-electron chi connectivity index (χ0n) is 13.8. The standard InChI is InChI=1S/C19H18N2O3/c1-19(2,3)18(23)20-11-8-9-13-12-6-4-5-7-14(12)16(21-24)17(22)15(13)10-11/h4-10,24H,1-3H3,(H,20,23). The summed E-state index contributed by atoms with van der Waals surface area (Å²) < 4.78 is 0. The molecule has 0 saturated heterocycles. The molecule has 2 aromatic carbocycles. The molecule has 0 unspecified atom stereocenters. The Morgan fingerprint density at radius 3 is 2.25 bits per heavy atom. The quantitative estimate of drug-likeness (QED) is 0.620. The second kappa shape index (κ2) is 5.60. The van der Waals surface area contributed by atoms with Crippen LogP contribution in [0.1, 0.15) is 36.7 Å². The summed E-state index contributed by atoms with van der Waals surface area (Å²) in [6.07, 6.45) is 0. The summed E-state index contributed by atoms with van der Waals surface area (Å²) >= 11 is 0. The van der Waals surface area contributed by atoms with Crippen LogP contribution in [0.5, 0.6) is 0 Å². The van der Waals surface area contributed by atoms with Crippen molar-refractivity contribution in [2.24, 2.45) is 10.6 Å². The number of carbonyl (C=O) groups is 2. The molecule has 24 heavy (non-hydrogen) atoms. The molecule has 2 N–H and O–H groups in total. The number of benzene rings is 2. The minimum absolute atomic E-state index is 0.0115. The Balaban J connectivity index is 2.10. The van der Waals surface area contributed by atoms with Gasteiger partial charge in [0.25, 0.3) is 0 Å². The molecule has 1 amide bonds. The Hall–Kier alpha value is -2.95. The first kappa shape index (κ1) is 15.9. The first-order chi connectivity index (χ1) is 11.3. The van der Waals surface area contributed by atoms with E-state index in [4.69, 9.17) is 0 Å². The predicted octanol–water partition coefficient (Wildman–Crippen LogP) is 3.71. The fraction of sp³-hybridized carbons (Fsp3) is 0.211. The number of hydrogen-bond donors (Lipinski definition) is 2. The third kappa shape index (κ3) is 2.58. The fourth-order valence-electron chi connectivity index (χ4n) is 2.64. The molecule has 1 aliphatic rings. The van der Waals surface area contributed by atoms with Crippen LogP contribution in [0.15, 0.2) is 47.6 Å². The first-order valence-electron chi connectivity index (χ1n) is 7.65. The van der Waals surface area contributed by atoms with Gasteiger partial charge in [0.1, 0.15) is 0 Å². The van der Waals surface area contributed by atoms with Crippen LogP contribution >= 0.6 is 0 Å². The highest BCUT2D eigenvalue weighted by molar-refractivity contribution is 6.55. The number of ketones is 1. The smallest absolute Gasteiger partial charge is 0.229 e. The Morgan fingerprint density at radius 2 is 1.62 bits per heavy atom. The highest BCUT2D eigenvalue weighted by atomic mass is 16.4. The van der Waals surface area contributed by atoms with Crippen molar-refractivity contribution >= 4 is 23.1 Å².